The van der Waals surface area contributed by atoms with Crippen LogP contribution in [-0.2, 0) is 30.3 Å². The molecule has 0 aromatic heterocycles. The summed E-state index contributed by atoms with van der Waals surface area (Å²) in [6.07, 6.45) is -0.807. The molecule has 1 saturated heterocycles. The second-order valence-electron chi connectivity index (χ2n) is 7.22. The van der Waals surface area contributed by atoms with Gasteiger partial charge in [0.25, 0.3) is 0 Å². The molecule has 0 bridgehead atoms. The SMILES string of the molecule is COc1ccc(COCC2=C([C@@H](OC(C)=O)[C@@H]3COC(C)(C)O3)SCCS2)cc1. The van der Waals surface area contributed by atoms with Crippen LogP contribution in [0.1, 0.15) is 26.3 Å². The summed E-state index contributed by atoms with van der Waals surface area (Å²) < 4.78 is 28.6. The Kier molecular flexibility index (Phi) is 7.92. The molecule has 6 nitrogen and oxygen atoms in total. The molecule has 1 aromatic carbocycles. The van der Waals surface area contributed by atoms with Crippen molar-refractivity contribution in [3.63, 3.8) is 0 Å². The highest BCUT2D eigenvalue weighted by Gasteiger charge is 2.42. The molecule has 2 heterocycles. The number of benzene rings is 1. The van der Waals surface area contributed by atoms with Gasteiger partial charge in [0.15, 0.2) is 11.9 Å². The van der Waals surface area contributed by atoms with E-state index in [4.69, 9.17) is 23.7 Å². The first-order valence-electron chi connectivity index (χ1n) is 9.56. The van der Waals surface area contributed by atoms with E-state index in [0.717, 1.165) is 32.6 Å². The fourth-order valence-corrected chi connectivity index (χ4v) is 5.64. The van der Waals surface area contributed by atoms with Crippen molar-refractivity contribution < 1.29 is 28.5 Å². The molecule has 1 aromatic rings. The number of carbonyl (C=O) groups excluding carboxylic acids is 1. The van der Waals surface area contributed by atoms with Crippen LogP contribution in [0.2, 0.25) is 0 Å². The molecule has 2 aliphatic heterocycles. The van der Waals surface area contributed by atoms with E-state index in [0.29, 0.717) is 19.8 Å². The van der Waals surface area contributed by atoms with Crippen molar-refractivity contribution in [1.29, 1.82) is 0 Å². The molecule has 0 aliphatic carbocycles. The lowest BCUT2D eigenvalue weighted by Crippen LogP contribution is -2.36. The van der Waals surface area contributed by atoms with Crippen molar-refractivity contribution in [1.82, 2.24) is 0 Å². The number of rotatable bonds is 8. The van der Waals surface area contributed by atoms with Crippen LogP contribution in [0.5, 0.6) is 5.75 Å². The van der Waals surface area contributed by atoms with Crippen molar-refractivity contribution in [3.8, 4) is 5.75 Å². The highest BCUT2D eigenvalue weighted by molar-refractivity contribution is 8.10. The van der Waals surface area contributed by atoms with Gasteiger partial charge >= 0.3 is 5.97 Å². The normalized spacial score (nSPS) is 22.4. The average Bonchev–Trinajstić information content (AvgIpc) is 3.06. The van der Waals surface area contributed by atoms with Gasteiger partial charge in [-0.15, -0.1) is 23.5 Å². The zero-order valence-corrected chi connectivity index (χ0v) is 18.9. The number of methoxy groups -OCH3 is 1. The summed E-state index contributed by atoms with van der Waals surface area (Å²) >= 11 is 3.46. The first-order valence-corrected chi connectivity index (χ1v) is 11.5. The molecular weight excluding hydrogens is 412 g/mol. The van der Waals surface area contributed by atoms with E-state index >= 15 is 0 Å². The van der Waals surface area contributed by atoms with E-state index in [-0.39, 0.29) is 12.1 Å². The maximum Gasteiger partial charge on any atom is 0.303 e. The van der Waals surface area contributed by atoms with E-state index in [1.807, 2.05) is 38.1 Å². The van der Waals surface area contributed by atoms with Gasteiger partial charge < -0.3 is 23.7 Å². The smallest absolute Gasteiger partial charge is 0.303 e. The van der Waals surface area contributed by atoms with E-state index in [9.17, 15) is 4.79 Å². The van der Waals surface area contributed by atoms with Crippen LogP contribution in [0, 0.1) is 0 Å². The summed E-state index contributed by atoms with van der Waals surface area (Å²) in [5.74, 6) is 1.77. The van der Waals surface area contributed by atoms with Crippen LogP contribution in [-0.4, -0.2) is 55.8 Å². The number of hydrogen-bond acceptors (Lipinski definition) is 8. The van der Waals surface area contributed by atoms with Gasteiger partial charge in [0, 0.05) is 28.2 Å². The minimum absolute atomic E-state index is 0.327. The Bertz CT molecular complexity index is 731. The van der Waals surface area contributed by atoms with Gasteiger partial charge in [-0.3, -0.25) is 4.79 Å². The van der Waals surface area contributed by atoms with Gasteiger partial charge in [-0.25, -0.2) is 0 Å². The highest BCUT2D eigenvalue weighted by Crippen LogP contribution is 2.40. The largest absolute Gasteiger partial charge is 0.497 e. The Hall–Kier alpha value is -1.19. The Labute approximate surface area is 180 Å². The monoisotopic (exact) mass is 440 g/mol. The molecule has 8 heteroatoms. The van der Waals surface area contributed by atoms with Crippen LogP contribution in [0.4, 0.5) is 0 Å². The van der Waals surface area contributed by atoms with Crippen LogP contribution in [0.3, 0.4) is 0 Å². The highest BCUT2D eigenvalue weighted by atomic mass is 32.2. The van der Waals surface area contributed by atoms with Crippen LogP contribution in [0.25, 0.3) is 0 Å². The standard InChI is InChI=1S/C21H28O6S2/c1-14(22)26-19(17-12-25-21(2,3)27-17)20-18(28-9-10-29-20)13-24-11-15-5-7-16(23-4)8-6-15/h5-8,17,19H,9-13H2,1-4H3/t17-,19-/m0/s1. The summed E-state index contributed by atoms with van der Waals surface area (Å²) in [6, 6.07) is 7.82. The Morgan fingerprint density at radius 3 is 2.55 bits per heavy atom. The molecule has 29 heavy (non-hydrogen) atoms. The van der Waals surface area contributed by atoms with Gasteiger partial charge in [-0.05, 0) is 31.5 Å². The fraction of sp³-hybridized carbons (Fsp3) is 0.571. The predicted molar refractivity (Wildman–Crippen MR) is 115 cm³/mol. The summed E-state index contributed by atoms with van der Waals surface area (Å²) in [5.41, 5.74) is 1.08. The molecule has 2 atom stereocenters. The van der Waals surface area contributed by atoms with Crippen molar-refractivity contribution in [2.75, 3.05) is 31.8 Å². The van der Waals surface area contributed by atoms with Gasteiger partial charge in [0.2, 0.25) is 0 Å². The zero-order valence-electron chi connectivity index (χ0n) is 17.3. The Morgan fingerprint density at radius 1 is 1.21 bits per heavy atom. The molecule has 2 aliphatic rings. The zero-order chi connectivity index (χ0) is 20.9. The van der Waals surface area contributed by atoms with Crippen LogP contribution in [0.15, 0.2) is 34.1 Å². The summed E-state index contributed by atoms with van der Waals surface area (Å²) in [6.45, 7) is 6.52. The number of hydrogen-bond donors (Lipinski definition) is 0. The maximum absolute atomic E-state index is 11.8. The molecule has 160 valence electrons. The quantitative estimate of drug-likeness (QED) is 0.563. The lowest BCUT2D eigenvalue weighted by atomic mass is 10.2. The second-order valence-corrected chi connectivity index (χ2v) is 9.55. The Balaban J connectivity index is 1.70. The Morgan fingerprint density at radius 2 is 1.93 bits per heavy atom. The van der Waals surface area contributed by atoms with E-state index in [1.54, 1.807) is 30.6 Å². The number of thioether (sulfide) groups is 2. The summed E-state index contributed by atoms with van der Waals surface area (Å²) in [7, 11) is 1.65. The first-order chi connectivity index (χ1) is 13.9. The molecule has 0 N–H and O–H groups in total. The number of ether oxygens (including phenoxy) is 5. The van der Waals surface area contributed by atoms with Gasteiger partial charge in [0.05, 0.1) is 26.9 Å². The minimum atomic E-state index is -0.679. The summed E-state index contributed by atoms with van der Waals surface area (Å²) in [5, 5.41) is 0. The third-order valence-corrected chi connectivity index (χ3v) is 7.15. The maximum atomic E-state index is 11.8. The fourth-order valence-electron chi connectivity index (χ4n) is 3.15. The van der Waals surface area contributed by atoms with Crippen molar-refractivity contribution >= 4 is 29.5 Å². The van der Waals surface area contributed by atoms with Crippen molar-refractivity contribution in [3.05, 3.63) is 39.6 Å². The lowest BCUT2D eigenvalue weighted by Gasteiger charge is -2.29. The van der Waals surface area contributed by atoms with Crippen LogP contribution >= 0.6 is 23.5 Å². The molecule has 0 radical (unpaired) electrons. The third kappa shape index (κ3) is 6.39. The summed E-state index contributed by atoms with van der Waals surface area (Å²) in [4.78, 5) is 13.9. The number of carbonyl (C=O) groups is 1. The van der Waals surface area contributed by atoms with E-state index in [1.165, 1.54) is 6.92 Å². The minimum Gasteiger partial charge on any atom is -0.497 e. The van der Waals surface area contributed by atoms with E-state index < -0.39 is 11.9 Å². The van der Waals surface area contributed by atoms with Gasteiger partial charge in [-0.2, -0.15) is 0 Å². The van der Waals surface area contributed by atoms with Crippen molar-refractivity contribution in [2.24, 2.45) is 0 Å². The van der Waals surface area contributed by atoms with Gasteiger partial charge in [-0.1, -0.05) is 12.1 Å². The lowest BCUT2D eigenvalue weighted by molar-refractivity contribution is -0.164. The molecule has 1 fully saturated rings. The van der Waals surface area contributed by atoms with Crippen molar-refractivity contribution in [2.45, 2.75) is 45.4 Å². The average molecular weight is 441 g/mol. The molecule has 0 amide bonds. The van der Waals surface area contributed by atoms with E-state index in [2.05, 4.69) is 0 Å². The molecule has 0 saturated carbocycles. The molecule has 3 rings (SSSR count). The molecule has 0 unspecified atom stereocenters. The van der Waals surface area contributed by atoms with Crippen LogP contribution < -0.4 is 4.74 Å². The predicted octanol–water partition coefficient (Wildman–Crippen LogP) is 3.99. The number of esters is 1. The topological polar surface area (TPSA) is 63.2 Å². The third-order valence-electron chi connectivity index (χ3n) is 4.47. The first kappa shape index (κ1) is 22.5. The molecule has 0 spiro atoms. The molecular formula is C21H28O6S2. The second kappa shape index (κ2) is 10.2. The van der Waals surface area contributed by atoms with Gasteiger partial charge in [0.1, 0.15) is 11.9 Å².